The number of halogens is 1. The van der Waals surface area contributed by atoms with Gasteiger partial charge in [-0.2, -0.15) is 8.42 Å². The molecule has 0 saturated carbocycles. The molecular formula is C18H13BaClN2O6S. The Morgan fingerprint density at radius 1 is 1.10 bits per heavy atom. The van der Waals surface area contributed by atoms with E-state index in [0.29, 0.717) is 16.3 Å². The van der Waals surface area contributed by atoms with Crippen molar-refractivity contribution < 1.29 is 28.0 Å². The number of carbonyl (C=O) groups is 1. The molecule has 0 spiro atoms. The van der Waals surface area contributed by atoms with Gasteiger partial charge in [-0.15, -0.1) is 10.2 Å². The van der Waals surface area contributed by atoms with E-state index in [-0.39, 0.29) is 70.8 Å². The van der Waals surface area contributed by atoms with Gasteiger partial charge in [-0.05, 0) is 36.1 Å². The molecule has 146 valence electrons. The van der Waals surface area contributed by atoms with Crippen LogP contribution in [0, 0.1) is 6.92 Å². The third kappa shape index (κ3) is 5.01. The number of hydrogen-bond donors (Lipinski definition) is 3. The Labute approximate surface area is 211 Å². The summed E-state index contributed by atoms with van der Waals surface area (Å²) in [5, 5.41) is 28.4. The molecule has 0 atom stereocenters. The molecule has 3 aromatic rings. The molecule has 0 amide bonds. The molecule has 0 bridgehead atoms. The van der Waals surface area contributed by atoms with Gasteiger partial charge in [0.1, 0.15) is 21.8 Å². The molecule has 8 nitrogen and oxygen atoms in total. The molecule has 0 unspecified atom stereocenters. The zero-order valence-corrected chi connectivity index (χ0v) is 21.0. The van der Waals surface area contributed by atoms with E-state index in [9.17, 15) is 28.0 Å². The van der Waals surface area contributed by atoms with E-state index >= 15 is 0 Å². The molecule has 0 aliphatic heterocycles. The number of hydrogen-bond acceptors (Lipinski definition) is 6. The number of aryl methyl sites for hydroxylation is 1. The van der Waals surface area contributed by atoms with Crippen LogP contribution in [0.15, 0.2) is 57.6 Å². The number of carboxylic acid groups (broad SMARTS) is 1. The van der Waals surface area contributed by atoms with Crippen LogP contribution in [0.25, 0.3) is 10.8 Å². The quantitative estimate of drug-likeness (QED) is 0.245. The second-order valence-corrected chi connectivity index (χ2v) is 7.69. The molecule has 3 aromatic carbocycles. The van der Waals surface area contributed by atoms with Crippen molar-refractivity contribution in [3.05, 3.63) is 58.6 Å². The monoisotopic (exact) mass is 558 g/mol. The number of carboxylic acids is 1. The van der Waals surface area contributed by atoms with Crippen molar-refractivity contribution in [3.8, 4) is 5.75 Å². The van der Waals surface area contributed by atoms with Crippen LogP contribution in [-0.4, -0.2) is 78.0 Å². The van der Waals surface area contributed by atoms with Crippen molar-refractivity contribution in [3.63, 3.8) is 0 Å². The van der Waals surface area contributed by atoms with Gasteiger partial charge in [0.2, 0.25) is 0 Å². The Hall–Kier alpha value is -1.44. The number of benzene rings is 3. The fraction of sp³-hybridized carbons (Fsp3) is 0.0556. The molecule has 0 aromatic heterocycles. The van der Waals surface area contributed by atoms with Crippen molar-refractivity contribution in [1.29, 1.82) is 0 Å². The molecule has 0 saturated heterocycles. The molecule has 3 rings (SSSR count). The Morgan fingerprint density at radius 2 is 1.76 bits per heavy atom. The summed E-state index contributed by atoms with van der Waals surface area (Å²) < 4.78 is 32.6. The van der Waals surface area contributed by atoms with Gasteiger partial charge < -0.3 is 10.2 Å². The first kappa shape index (κ1) is 23.8. The number of nitrogens with zero attached hydrogens (tertiary/aromatic N) is 2. The van der Waals surface area contributed by atoms with Crippen molar-refractivity contribution in [2.75, 3.05) is 0 Å². The number of azo groups is 1. The number of aromatic hydroxyl groups is 1. The topological polar surface area (TPSA) is 137 Å². The molecule has 11 heteroatoms. The fourth-order valence-electron chi connectivity index (χ4n) is 2.62. The summed E-state index contributed by atoms with van der Waals surface area (Å²) in [5.41, 5.74) is -0.260. The third-order valence-corrected chi connectivity index (χ3v) is 5.29. The maximum atomic E-state index is 11.6. The minimum atomic E-state index is -4.65. The standard InChI is InChI=1S/C18H13ClN2O6S.Ba/c1-9-6-14(15(8-13(9)19)28(25,26)27)20-21-16-11-5-3-2-4-10(11)7-12(17(16)22)18(23)24;/h2-8,22H,1H3,(H,23,24)(H,25,26,27);. The van der Waals surface area contributed by atoms with Crippen LogP contribution in [0.1, 0.15) is 15.9 Å². The third-order valence-electron chi connectivity index (χ3n) is 4.00. The summed E-state index contributed by atoms with van der Waals surface area (Å²) in [5.74, 6) is -1.98. The normalized spacial score (nSPS) is 11.6. The van der Waals surface area contributed by atoms with E-state index in [0.717, 1.165) is 6.07 Å². The molecule has 2 radical (unpaired) electrons. The van der Waals surface area contributed by atoms with Crippen LogP contribution in [0.4, 0.5) is 11.4 Å². The van der Waals surface area contributed by atoms with Crippen LogP contribution in [0.2, 0.25) is 5.02 Å². The number of aromatic carboxylic acids is 1. The number of phenols is 1. The van der Waals surface area contributed by atoms with Gasteiger partial charge in [0, 0.05) is 59.3 Å². The zero-order valence-electron chi connectivity index (χ0n) is 15.0. The molecule has 0 aliphatic carbocycles. The largest absolute Gasteiger partial charge is 0.505 e. The van der Waals surface area contributed by atoms with Gasteiger partial charge in [0.15, 0.2) is 5.75 Å². The molecule has 29 heavy (non-hydrogen) atoms. The van der Waals surface area contributed by atoms with Crippen LogP contribution in [0.3, 0.4) is 0 Å². The fourth-order valence-corrected chi connectivity index (χ4v) is 3.48. The van der Waals surface area contributed by atoms with Gasteiger partial charge in [0.05, 0.1) is 0 Å². The summed E-state index contributed by atoms with van der Waals surface area (Å²) in [6.45, 7) is 1.60. The molecular weight excluding hydrogens is 545 g/mol. The van der Waals surface area contributed by atoms with Gasteiger partial charge in [-0.25, -0.2) is 4.79 Å². The number of rotatable bonds is 4. The van der Waals surface area contributed by atoms with Crippen molar-refractivity contribution in [2.24, 2.45) is 10.2 Å². The van der Waals surface area contributed by atoms with Gasteiger partial charge >= 0.3 is 5.97 Å². The van der Waals surface area contributed by atoms with Gasteiger partial charge in [0.25, 0.3) is 10.1 Å². The first-order valence-corrected chi connectivity index (χ1v) is 9.58. The van der Waals surface area contributed by atoms with Crippen molar-refractivity contribution >= 4 is 98.7 Å². The average Bonchev–Trinajstić information content (AvgIpc) is 2.61. The van der Waals surface area contributed by atoms with E-state index in [1.54, 1.807) is 31.2 Å². The maximum Gasteiger partial charge on any atom is 0.339 e. The molecule has 0 heterocycles. The Morgan fingerprint density at radius 3 is 2.38 bits per heavy atom. The van der Waals surface area contributed by atoms with Crippen LogP contribution in [-0.2, 0) is 10.1 Å². The number of fused-ring (bicyclic) bond motifs is 1. The summed E-state index contributed by atoms with van der Waals surface area (Å²) in [7, 11) is -4.65. The van der Waals surface area contributed by atoms with Crippen LogP contribution >= 0.6 is 11.6 Å². The molecule has 0 aliphatic rings. The zero-order chi connectivity index (χ0) is 20.6. The average molecular weight is 558 g/mol. The second-order valence-electron chi connectivity index (χ2n) is 5.89. The minimum Gasteiger partial charge on any atom is -0.505 e. The maximum absolute atomic E-state index is 11.6. The Balaban J connectivity index is 0.00000300. The summed E-state index contributed by atoms with van der Waals surface area (Å²) in [4.78, 5) is 10.8. The van der Waals surface area contributed by atoms with Crippen LogP contribution < -0.4 is 0 Å². The predicted molar refractivity (Wildman–Crippen MR) is 109 cm³/mol. The molecule has 0 fully saturated rings. The van der Waals surface area contributed by atoms with Crippen molar-refractivity contribution in [1.82, 2.24) is 0 Å². The van der Waals surface area contributed by atoms with E-state index in [4.69, 9.17) is 11.6 Å². The van der Waals surface area contributed by atoms with Gasteiger partial charge in [-0.3, -0.25) is 4.55 Å². The summed E-state index contributed by atoms with van der Waals surface area (Å²) in [6.07, 6.45) is 0. The first-order chi connectivity index (χ1) is 13.1. The minimum absolute atomic E-state index is 0. The second kappa shape index (κ2) is 9.15. The Kier molecular flexibility index (Phi) is 7.52. The van der Waals surface area contributed by atoms with Crippen molar-refractivity contribution in [2.45, 2.75) is 11.8 Å². The van der Waals surface area contributed by atoms with E-state index < -0.39 is 26.7 Å². The van der Waals surface area contributed by atoms with Gasteiger partial charge in [-0.1, -0.05) is 35.9 Å². The van der Waals surface area contributed by atoms with E-state index in [1.165, 1.54) is 12.1 Å². The van der Waals surface area contributed by atoms with E-state index in [2.05, 4.69) is 10.2 Å². The summed E-state index contributed by atoms with van der Waals surface area (Å²) in [6, 6.07) is 10.2. The summed E-state index contributed by atoms with van der Waals surface area (Å²) >= 11 is 5.91. The first-order valence-electron chi connectivity index (χ1n) is 7.77. The van der Waals surface area contributed by atoms with E-state index in [1.807, 2.05) is 0 Å². The smallest absolute Gasteiger partial charge is 0.339 e. The SMILES string of the molecule is Cc1cc(N=Nc2c(O)c(C(=O)O)cc3ccccc23)c(S(=O)(=O)O)cc1Cl.[Ba]. The Bertz CT molecular complexity index is 1260. The van der Waals surface area contributed by atoms with Crippen LogP contribution in [0.5, 0.6) is 5.75 Å². The molecule has 3 N–H and O–H groups in total. The predicted octanol–water partition coefficient (Wildman–Crippen LogP) is 4.49.